The van der Waals surface area contributed by atoms with Crippen molar-refractivity contribution in [2.45, 2.75) is 50.6 Å². The first kappa shape index (κ1) is 34.0. The van der Waals surface area contributed by atoms with Crippen molar-refractivity contribution in [2.75, 3.05) is 17.4 Å². The normalized spacial score (nSPS) is 11.9. The second-order valence-electron chi connectivity index (χ2n) is 10.8. The van der Waals surface area contributed by atoms with E-state index in [2.05, 4.69) is 5.32 Å². The van der Waals surface area contributed by atoms with E-state index in [1.165, 1.54) is 23.1 Å². The standard InChI is InChI=1S/C35H37Cl2N3O4S/c1-3-4-20-38-35(42)33(22-27-10-6-5-7-11-27)39(24-28-12-8-13-29(36)21-28)34(41)25-40(31-15-9-14-30(37)23-31)45(43,44)32-18-16-26(2)17-19-32/h5-19,21,23,33H,3-4,20,22,24-25H2,1-2H3,(H,38,42). The number of hydrogen-bond donors (Lipinski definition) is 1. The lowest BCUT2D eigenvalue weighted by atomic mass is 10.0. The van der Waals surface area contributed by atoms with E-state index in [4.69, 9.17) is 23.2 Å². The van der Waals surface area contributed by atoms with E-state index in [0.29, 0.717) is 22.2 Å². The molecule has 1 atom stereocenters. The van der Waals surface area contributed by atoms with Crippen LogP contribution in [0, 0.1) is 6.92 Å². The fraction of sp³-hybridized carbons (Fsp3) is 0.257. The molecule has 4 aromatic rings. The molecule has 4 aromatic carbocycles. The third-order valence-electron chi connectivity index (χ3n) is 7.33. The summed E-state index contributed by atoms with van der Waals surface area (Å²) in [7, 11) is -4.21. The van der Waals surface area contributed by atoms with E-state index in [0.717, 1.165) is 28.3 Å². The van der Waals surface area contributed by atoms with Crippen molar-refractivity contribution < 1.29 is 18.0 Å². The molecular formula is C35H37Cl2N3O4S. The van der Waals surface area contributed by atoms with Gasteiger partial charge in [-0.1, -0.05) is 103 Å². The van der Waals surface area contributed by atoms with Gasteiger partial charge in [-0.15, -0.1) is 0 Å². The molecule has 0 bridgehead atoms. The van der Waals surface area contributed by atoms with Gasteiger partial charge < -0.3 is 10.2 Å². The Morgan fingerprint density at radius 1 is 0.822 bits per heavy atom. The summed E-state index contributed by atoms with van der Waals surface area (Å²) in [6.07, 6.45) is 1.90. The summed E-state index contributed by atoms with van der Waals surface area (Å²) >= 11 is 12.6. The number of hydrogen-bond acceptors (Lipinski definition) is 4. The summed E-state index contributed by atoms with van der Waals surface area (Å²) in [4.78, 5) is 29.7. The molecule has 1 unspecified atom stereocenters. The smallest absolute Gasteiger partial charge is 0.264 e. The lowest BCUT2D eigenvalue weighted by Crippen LogP contribution is -2.53. The van der Waals surface area contributed by atoms with Gasteiger partial charge in [-0.25, -0.2) is 8.42 Å². The van der Waals surface area contributed by atoms with Crippen LogP contribution in [0.15, 0.2) is 108 Å². The quantitative estimate of drug-likeness (QED) is 0.146. The zero-order valence-electron chi connectivity index (χ0n) is 25.3. The van der Waals surface area contributed by atoms with E-state index in [-0.39, 0.29) is 29.5 Å². The Morgan fingerprint density at radius 2 is 1.47 bits per heavy atom. The van der Waals surface area contributed by atoms with Gasteiger partial charge in [0.05, 0.1) is 10.6 Å². The second kappa shape index (κ2) is 15.9. The van der Waals surface area contributed by atoms with Crippen LogP contribution < -0.4 is 9.62 Å². The third-order valence-corrected chi connectivity index (χ3v) is 9.58. The van der Waals surface area contributed by atoms with Crippen LogP contribution >= 0.6 is 23.2 Å². The van der Waals surface area contributed by atoms with Crippen LogP contribution in [0.3, 0.4) is 0 Å². The first-order valence-corrected chi connectivity index (χ1v) is 17.0. The maximum absolute atomic E-state index is 14.5. The fourth-order valence-electron chi connectivity index (χ4n) is 4.89. The van der Waals surface area contributed by atoms with E-state index < -0.39 is 28.5 Å². The minimum atomic E-state index is -4.21. The first-order chi connectivity index (χ1) is 21.6. The Labute approximate surface area is 275 Å². The number of sulfonamides is 1. The third kappa shape index (κ3) is 9.33. The maximum atomic E-state index is 14.5. The van der Waals surface area contributed by atoms with Crippen molar-refractivity contribution in [3.05, 3.63) is 130 Å². The number of unbranched alkanes of at least 4 members (excludes halogenated alkanes) is 1. The number of aryl methyl sites for hydroxylation is 1. The van der Waals surface area contributed by atoms with Crippen LogP contribution in [-0.2, 0) is 32.6 Å². The predicted octanol–water partition coefficient (Wildman–Crippen LogP) is 7.05. The van der Waals surface area contributed by atoms with Crippen molar-refractivity contribution in [3.63, 3.8) is 0 Å². The first-order valence-electron chi connectivity index (χ1n) is 14.8. The Bertz CT molecular complexity index is 1700. The predicted molar refractivity (Wildman–Crippen MR) is 181 cm³/mol. The lowest BCUT2D eigenvalue weighted by Gasteiger charge is -2.34. The van der Waals surface area contributed by atoms with Gasteiger partial charge >= 0.3 is 0 Å². The number of carbonyl (C=O) groups is 2. The van der Waals surface area contributed by atoms with Gasteiger partial charge in [0.25, 0.3) is 10.0 Å². The van der Waals surface area contributed by atoms with Crippen LogP contribution in [0.1, 0.15) is 36.5 Å². The maximum Gasteiger partial charge on any atom is 0.264 e. The zero-order chi connectivity index (χ0) is 32.4. The molecule has 4 rings (SSSR count). The number of benzene rings is 4. The summed E-state index contributed by atoms with van der Waals surface area (Å²) in [5.41, 5.74) is 2.68. The molecular weight excluding hydrogens is 629 g/mol. The van der Waals surface area contributed by atoms with Crippen LogP contribution in [0.5, 0.6) is 0 Å². The Hall–Kier alpha value is -3.85. The van der Waals surface area contributed by atoms with Crippen molar-refractivity contribution >= 4 is 50.7 Å². The topological polar surface area (TPSA) is 86.8 Å². The van der Waals surface area contributed by atoms with Crippen molar-refractivity contribution in [1.29, 1.82) is 0 Å². The highest BCUT2D eigenvalue weighted by Gasteiger charge is 2.34. The van der Waals surface area contributed by atoms with Gasteiger partial charge in [-0.05, 0) is 66.9 Å². The molecule has 0 aromatic heterocycles. The molecule has 0 aliphatic rings. The Balaban J connectivity index is 1.79. The molecule has 10 heteroatoms. The van der Waals surface area contributed by atoms with E-state index in [9.17, 15) is 18.0 Å². The van der Waals surface area contributed by atoms with Crippen molar-refractivity contribution in [1.82, 2.24) is 10.2 Å². The highest BCUT2D eigenvalue weighted by Crippen LogP contribution is 2.27. The summed E-state index contributed by atoms with van der Waals surface area (Å²) in [6.45, 7) is 3.81. The highest BCUT2D eigenvalue weighted by molar-refractivity contribution is 7.92. The van der Waals surface area contributed by atoms with E-state index in [1.54, 1.807) is 48.5 Å². The lowest BCUT2D eigenvalue weighted by molar-refractivity contribution is -0.140. The molecule has 0 aliphatic carbocycles. The van der Waals surface area contributed by atoms with Gasteiger partial charge in [0.15, 0.2) is 0 Å². The molecule has 1 N–H and O–H groups in total. The average molecular weight is 667 g/mol. The molecule has 0 heterocycles. The zero-order valence-corrected chi connectivity index (χ0v) is 27.7. The number of halogens is 2. The van der Waals surface area contributed by atoms with Gasteiger partial charge in [-0.2, -0.15) is 0 Å². The average Bonchev–Trinajstić information content (AvgIpc) is 3.02. The number of anilines is 1. The molecule has 0 aliphatic heterocycles. The summed E-state index contributed by atoms with van der Waals surface area (Å²) in [6, 6.07) is 28.3. The number of carbonyl (C=O) groups excluding carboxylic acids is 2. The molecule has 0 radical (unpaired) electrons. The minimum Gasteiger partial charge on any atom is -0.354 e. The SMILES string of the molecule is CCCCNC(=O)C(Cc1ccccc1)N(Cc1cccc(Cl)c1)C(=O)CN(c1cccc(Cl)c1)S(=O)(=O)c1ccc(C)cc1. The summed E-state index contributed by atoms with van der Waals surface area (Å²) in [5.74, 6) is -0.879. The van der Waals surface area contributed by atoms with Gasteiger partial charge in [0.2, 0.25) is 11.8 Å². The monoisotopic (exact) mass is 665 g/mol. The van der Waals surface area contributed by atoms with Crippen LogP contribution in [0.2, 0.25) is 10.0 Å². The molecule has 0 saturated heterocycles. The van der Waals surface area contributed by atoms with E-state index >= 15 is 0 Å². The van der Waals surface area contributed by atoms with Gasteiger partial charge in [0.1, 0.15) is 12.6 Å². The fourth-order valence-corrected chi connectivity index (χ4v) is 6.69. The number of nitrogens with one attached hydrogen (secondary N) is 1. The van der Waals surface area contributed by atoms with Crippen LogP contribution in [0.4, 0.5) is 5.69 Å². The van der Waals surface area contributed by atoms with Crippen LogP contribution in [-0.4, -0.2) is 44.3 Å². The van der Waals surface area contributed by atoms with Gasteiger partial charge in [-0.3, -0.25) is 13.9 Å². The van der Waals surface area contributed by atoms with Gasteiger partial charge in [0, 0.05) is 29.6 Å². The van der Waals surface area contributed by atoms with Crippen LogP contribution in [0.25, 0.3) is 0 Å². The molecule has 2 amide bonds. The van der Waals surface area contributed by atoms with Crippen molar-refractivity contribution in [2.24, 2.45) is 0 Å². The summed E-state index contributed by atoms with van der Waals surface area (Å²) in [5, 5.41) is 3.78. The number of nitrogens with zero attached hydrogens (tertiary/aromatic N) is 2. The minimum absolute atomic E-state index is 0.0282. The number of rotatable bonds is 14. The Kier molecular flexibility index (Phi) is 12.0. The highest BCUT2D eigenvalue weighted by atomic mass is 35.5. The molecule has 236 valence electrons. The Morgan fingerprint density at radius 3 is 2.11 bits per heavy atom. The molecule has 0 fully saturated rings. The molecule has 0 saturated carbocycles. The molecule has 45 heavy (non-hydrogen) atoms. The second-order valence-corrected chi connectivity index (χ2v) is 13.5. The molecule has 7 nitrogen and oxygen atoms in total. The molecule has 0 spiro atoms. The van der Waals surface area contributed by atoms with Crippen molar-refractivity contribution in [3.8, 4) is 0 Å². The van der Waals surface area contributed by atoms with E-state index in [1.807, 2.05) is 50.2 Å². The summed E-state index contributed by atoms with van der Waals surface area (Å²) < 4.78 is 29.2. The number of amides is 2. The largest absolute Gasteiger partial charge is 0.354 e.